The Kier molecular flexibility index (Phi) is 5.64. The van der Waals surface area contributed by atoms with E-state index in [9.17, 15) is 0 Å². The number of methoxy groups -OCH3 is 3. The number of benzene rings is 4. The summed E-state index contributed by atoms with van der Waals surface area (Å²) >= 11 is 0. The van der Waals surface area contributed by atoms with Crippen LogP contribution in [0.1, 0.15) is 5.56 Å². The minimum absolute atomic E-state index is 0.709. The molecule has 5 aromatic rings. The maximum absolute atomic E-state index is 5.90. The lowest BCUT2D eigenvalue weighted by atomic mass is 9.93. The molecule has 0 aliphatic rings. The zero-order valence-electron chi connectivity index (χ0n) is 21.4. The van der Waals surface area contributed by atoms with E-state index in [4.69, 9.17) is 14.2 Å². The van der Waals surface area contributed by atoms with Crippen molar-refractivity contribution >= 4 is 38.1 Å². The number of hydrogen-bond acceptors (Lipinski definition) is 4. The molecule has 4 aromatic carbocycles. The average Bonchev–Trinajstić information content (AvgIpc) is 2.87. The molecule has 5 nitrogen and oxygen atoms in total. The fourth-order valence-electron chi connectivity index (χ4n) is 5.18. The van der Waals surface area contributed by atoms with Gasteiger partial charge in [0.2, 0.25) is 5.52 Å². The summed E-state index contributed by atoms with van der Waals surface area (Å²) in [5.74, 6) is 2.35. The van der Waals surface area contributed by atoms with Crippen molar-refractivity contribution in [1.82, 2.24) is 0 Å². The van der Waals surface area contributed by atoms with E-state index >= 15 is 0 Å². The molecule has 0 atom stereocenters. The fraction of sp³-hybridized carbons (Fsp3) is 0.233. The van der Waals surface area contributed by atoms with Crippen molar-refractivity contribution in [2.45, 2.75) is 6.92 Å². The first kappa shape index (κ1) is 22.8. The Hall–Kier alpha value is -3.99. The third-order valence-electron chi connectivity index (χ3n) is 6.87. The van der Waals surface area contributed by atoms with Gasteiger partial charge in [-0.2, -0.15) is 4.57 Å². The number of aromatic nitrogens is 1. The van der Waals surface area contributed by atoms with E-state index in [0.717, 1.165) is 66.3 Å². The lowest BCUT2D eigenvalue weighted by molar-refractivity contribution is -0.642. The molecule has 0 aliphatic carbocycles. The standard InChI is InChI=1S/C30H31N2O3/c1-18-8-13-21-23-15-14-22-24(28(23)32(4)17-25(21)29(18)34-6)16-26(33-5)30(35-7)27(22)19-9-11-20(12-10-19)31(2)3/h8-17H,1-7H3/q+1. The molecule has 0 unspecified atom stereocenters. The van der Waals surface area contributed by atoms with Gasteiger partial charge < -0.3 is 19.1 Å². The first-order valence-corrected chi connectivity index (χ1v) is 11.6. The lowest BCUT2D eigenvalue weighted by Crippen LogP contribution is -2.28. The molecule has 1 aromatic heterocycles. The highest BCUT2D eigenvalue weighted by atomic mass is 16.5. The van der Waals surface area contributed by atoms with E-state index in [1.165, 1.54) is 0 Å². The van der Waals surface area contributed by atoms with Crippen molar-refractivity contribution in [3.8, 4) is 28.4 Å². The van der Waals surface area contributed by atoms with Gasteiger partial charge in [-0.15, -0.1) is 0 Å². The van der Waals surface area contributed by atoms with Crippen LogP contribution in [0.5, 0.6) is 17.2 Å². The van der Waals surface area contributed by atoms with Gasteiger partial charge in [-0.05, 0) is 42.3 Å². The molecule has 0 radical (unpaired) electrons. The Morgan fingerprint density at radius 1 is 0.686 bits per heavy atom. The Bertz CT molecular complexity index is 1590. The summed E-state index contributed by atoms with van der Waals surface area (Å²) in [7, 11) is 11.3. The molecule has 1 heterocycles. The van der Waals surface area contributed by atoms with Crippen molar-refractivity contribution in [2.75, 3.05) is 40.3 Å². The van der Waals surface area contributed by atoms with Crippen LogP contribution in [0.25, 0.3) is 43.6 Å². The number of anilines is 1. The number of ether oxygens (including phenoxy) is 3. The number of pyridine rings is 1. The Balaban J connectivity index is 1.92. The van der Waals surface area contributed by atoms with Crippen LogP contribution in [-0.2, 0) is 7.05 Å². The highest BCUT2D eigenvalue weighted by Gasteiger charge is 2.23. The number of fused-ring (bicyclic) bond motifs is 5. The second-order valence-electron chi connectivity index (χ2n) is 9.10. The van der Waals surface area contributed by atoms with Crippen molar-refractivity contribution < 1.29 is 18.8 Å². The first-order valence-electron chi connectivity index (χ1n) is 11.6. The monoisotopic (exact) mass is 467 g/mol. The summed E-state index contributed by atoms with van der Waals surface area (Å²) < 4.78 is 19.7. The first-order chi connectivity index (χ1) is 16.9. The highest BCUT2D eigenvalue weighted by Crippen LogP contribution is 2.46. The molecule has 5 heteroatoms. The second-order valence-corrected chi connectivity index (χ2v) is 9.10. The van der Waals surface area contributed by atoms with E-state index in [0.29, 0.717) is 5.75 Å². The summed E-state index contributed by atoms with van der Waals surface area (Å²) in [6, 6.07) is 19.3. The average molecular weight is 468 g/mol. The number of nitrogens with zero attached hydrogens (tertiary/aromatic N) is 2. The smallest absolute Gasteiger partial charge is 0.220 e. The number of hydrogen-bond donors (Lipinski definition) is 0. The molecule has 0 saturated carbocycles. The van der Waals surface area contributed by atoms with Gasteiger partial charge in [0.15, 0.2) is 17.7 Å². The van der Waals surface area contributed by atoms with Crippen LogP contribution < -0.4 is 23.7 Å². The summed E-state index contributed by atoms with van der Waals surface area (Å²) in [4.78, 5) is 2.10. The van der Waals surface area contributed by atoms with Crippen LogP contribution in [0.2, 0.25) is 0 Å². The van der Waals surface area contributed by atoms with Crippen LogP contribution in [0.15, 0.2) is 60.8 Å². The fourth-order valence-corrected chi connectivity index (χ4v) is 5.18. The minimum atomic E-state index is 0.709. The molecular formula is C30H31N2O3+. The van der Waals surface area contributed by atoms with Crippen molar-refractivity contribution in [3.63, 3.8) is 0 Å². The molecule has 5 rings (SSSR count). The topological polar surface area (TPSA) is 34.8 Å². The zero-order valence-corrected chi connectivity index (χ0v) is 21.4. The molecule has 0 N–H and O–H groups in total. The predicted molar refractivity (Wildman–Crippen MR) is 144 cm³/mol. The van der Waals surface area contributed by atoms with E-state index in [1.807, 2.05) is 14.1 Å². The normalized spacial score (nSPS) is 11.3. The summed E-state index contributed by atoms with van der Waals surface area (Å²) in [5.41, 5.74) is 5.50. The van der Waals surface area contributed by atoms with Gasteiger partial charge in [0.25, 0.3) is 0 Å². The third kappa shape index (κ3) is 3.50. The van der Waals surface area contributed by atoms with Gasteiger partial charge in [0.05, 0.1) is 37.5 Å². The molecule has 0 aliphatic heterocycles. The third-order valence-corrected chi connectivity index (χ3v) is 6.87. The molecule has 178 valence electrons. The molecule has 0 fully saturated rings. The van der Waals surface area contributed by atoms with Gasteiger partial charge >= 0.3 is 0 Å². The predicted octanol–water partition coefficient (Wildman–Crippen LogP) is 6.04. The molecular weight excluding hydrogens is 436 g/mol. The van der Waals surface area contributed by atoms with E-state index in [1.54, 1.807) is 21.3 Å². The Morgan fingerprint density at radius 3 is 1.97 bits per heavy atom. The van der Waals surface area contributed by atoms with E-state index < -0.39 is 0 Å². The van der Waals surface area contributed by atoms with Gasteiger partial charge in [0.1, 0.15) is 12.8 Å². The Labute approximate surface area is 206 Å². The second kappa shape index (κ2) is 8.66. The number of aryl methyl sites for hydroxylation is 2. The van der Waals surface area contributed by atoms with E-state index in [-0.39, 0.29) is 0 Å². The van der Waals surface area contributed by atoms with Gasteiger partial charge in [-0.25, -0.2) is 0 Å². The summed E-state index contributed by atoms with van der Waals surface area (Å²) in [6.07, 6.45) is 2.16. The molecule has 0 saturated heterocycles. The van der Waals surface area contributed by atoms with Crippen LogP contribution in [0.3, 0.4) is 0 Å². The molecule has 0 spiro atoms. The van der Waals surface area contributed by atoms with Crippen LogP contribution >= 0.6 is 0 Å². The number of rotatable bonds is 5. The van der Waals surface area contributed by atoms with Gasteiger partial charge in [-0.3, -0.25) is 0 Å². The van der Waals surface area contributed by atoms with E-state index in [2.05, 4.69) is 84.2 Å². The zero-order chi connectivity index (χ0) is 24.9. The molecule has 0 bridgehead atoms. The minimum Gasteiger partial charge on any atom is -0.496 e. The van der Waals surface area contributed by atoms with Crippen molar-refractivity contribution in [1.29, 1.82) is 0 Å². The van der Waals surface area contributed by atoms with Crippen LogP contribution in [-0.4, -0.2) is 35.4 Å². The quantitative estimate of drug-likeness (QED) is 0.233. The largest absolute Gasteiger partial charge is 0.496 e. The van der Waals surface area contributed by atoms with Crippen molar-refractivity contribution in [3.05, 3.63) is 66.4 Å². The molecule has 0 amide bonds. The lowest BCUT2D eigenvalue weighted by Gasteiger charge is -2.18. The highest BCUT2D eigenvalue weighted by molar-refractivity contribution is 6.18. The Morgan fingerprint density at radius 2 is 1.34 bits per heavy atom. The van der Waals surface area contributed by atoms with Crippen LogP contribution in [0.4, 0.5) is 5.69 Å². The summed E-state index contributed by atoms with van der Waals surface area (Å²) in [5, 5.41) is 5.64. The maximum atomic E-state index is 5.90. The summed E-state index contributed by atoms with van der Waals surface area (Å²) in [6.45, 7) is 2.08. The van der Waals surface area contributed by atoms with Gasteiger partial charge in [0, 0.05) is 36.1 Å². The van der Waals surface area contributed by atoms with Crippen molar-refractivity contribution in [2.24, 2.45) is 7.05 Å². The molecule has 35 heavy (non-hydrogen) atoms. The van der Waals surface area contributed by atoms with Gasteiger partial charge in [-0.1, -0.05) is 30.3 Å². The van der Waals surface area contributed by atoms with Crippen LogP contribution in [0, 0.1) is 6.92 Å². The maximum Gasteiger partial charge on any atom is 0.220 e. The SMILES string of the molecule is COc1cc2c(ccc3c4ccc(C)c(OC)c4c[n+](C)c23)c(-c2ccc(N(C)C)cc2)c1OC.